The van der Waals surface area contributed by atoms with Gasteiger partial charge in [0.15, 0.2) is 5.82 Å². The third-order valence-electron chi connectivity index (χ3n) is 3.50. The van der Waals surface area contributed by atoms with E-state index in [1.807, 2.05) is 0 Å². The van der Waals surface area contributed by atoms with Crippen molar-refractivity contribution in [3.8, 4) is 6.07 Å². The summed E-state index contributed by atoms with van der Waals surface area (Å²) in [6.45, 7) is -0.660. The lowest BCUT2D eigenvalue weighted by atomic mass is 9.92. The van der Waals surface area contributed by atoms with Gasteiger partial charge in [0.1, 0.15) is 36.2 Å². The number of aliphatic hydroxyl groups excluding tert-OH is 2. The Kier molecular flexibility index (Phi) is 2.76. The predicted molar refractivity (Wildman–Crippen MR) is 68.7 cm³/mol. The fourth-order valence-electron chi connectivity index (χ4n) is 2.43. The van der Waals surface area contributed by atoms with E-state index in [2.05, 4.69) is 10.1 Å². The molecule has 3 rings (SSSR count). The van der Waals surface area contributed by atoms with Gasteiger partial charge in [0, 0.05) is 0 Å². The molecule has 9 heteroatoms. The zero-order valence-corrected chi connectivity index (χ0v) is 10.7. The third kappa shape index (κ3) is 1.71. The van der Waals surface area contributed by atoms with Gasteiger partial charge in [0.2, 0.25) is 5.60 Å². The fourth-order valence-corrected chi connectivity index (χ4v) is 2.43. The first-order valence-electron chi connectivity index (χ1n) is 6.58. The number of anilines is 1. The second-order valence-electron chi connectivity index (χ2n) is 4.62. The van der Waals surface area contributed by atoms with Crippen LogP contribution in [0.3, 0.4) is 0 Å². The molecule has 0 bridgehead atoms. The normalized spacial score (nSPS) is 36.6. The quantitative estimate of drug-likeness (QED) is 0.503. The van der Waals surface area contributed by atoms with E-state index >= 15 is 0 Å². The summed E-state index contributed by atoms with van der Waals surface area (Å²) in [6, 6.07) is 4.62. The molecule has 0 spiro atoms. The minimum absolute atomic E-state index is 0.00611. The molecule has 3 heterocycles. The van der Waals surface area contributed by atoms with Gasteiger partial charge in [-0.15, -0.1) is 0 Å². The third-order valence-corrected chi connectivity index (χ3v) is 3.50. The molecule has 4 atom stereocenters. The molecule has 5 N–H and O–H groups in total. The molecule has 0 aromatic carbocycles. The van der Waals surface area contributed by atoms with Crippen molar-refractivity contribution in [2.45, 2.75) is 23.9 Å². The highest BCUT2D eigenvalue weighted by Crippen LogP contribution is 2.40. The molecule has 1 fully saturated rings. The highest BCUT2D eigenvalue weighted by atomic mass is 16.6. The van der Waals surface area contributed by atoms with Crippen molar-refractivity contribution in [1.29, 1.82) is 5.26 Å². The number of aromatic nitrogens is 3. The summed E-state index contributed by atoms with van der Waals surface area (Å²) >= 11 is 0. The van der Waals surface area contributed by atoms with Crippen LogP contribution in [-0.2, 0) is 10.3 Å². The maximum absolute atomic E-state index is 10.3. The monoisotopic (exact) mass is 292 g/mol. The van der Waals surface area contributed by atoms with E-state index in [0.29, 0.717) is 5.52 Å². The van der Waals surface area contributed by atoms with Crippen molar-refractivity contribution in [2.24, 2.45) is 0 Å². The molecule has 0 amide bonds. The van der Waals surface area contributed by atoms with Crippen molar-refractivity contribution in [3.05, 3.63) is 24.2 Å². The van der Waals surface area contributed by atoms with Crippen molar-refractivity contribution in [2.75, 3.05) is 12.3 Å². The molecule has 21 heavy (non-hydrogen) atoms. The van der Waals surface area contributed by atoms with Gasteiger partial charge in [0.05, 0.1) is 13.7 Å². The van der Waals surface area contributed by atoms with Crippen LogP contribution in [0.5, 0.6) is 0 Å². The summed E-state index contributed by atoms with van der Waals surface area (Å²) in [7, 11) is 0. The Morgan fingerprint density at radius 2 is 2.33 bits per heavy atom. The van der Waals surface area contributed by atoms with Crippen LogP contribution in [0.15, 0.2) is 18.5 Å². The predicted octanol–water partition coefficient (Wildman–Crippen LogP) is -1.86. The molecule has 9 nitrogen and oxygen atoms in total. The molecular formula is C12H13N5O4. The Labute approximate surface area is 120 Å². The molecule has 0 unspecified atom stereocenters. The van der Waals surface area contributed by atoms with Crippen LogP contribution in [0, 0.1) is 11.3 Å². The Morgan fingerprint density at radius 3 is 2.95 bits per heavy atom. The zero-order chi connectivity index (χ0) is 16.1. The molecule has 0 aliphatic carbocycles. The van der Waals surface area contributed by atoms with E-state index in [9.17, 15) is 20.6 Å². The van der Waals surface area contributed by atoms with Crippen LogP contribution in [-0.4, -0.2) is 54.8 Å². The van der Waals surface area contributed by atoms with Crippen molar-refractivity contribution in [1.82, 2.24) is 14.6 Å². The first kappa shape index (κ1) is 12.5. The maximum atomic E-state index is 10.3. The van der Waals surface area contributed by atoms with E-state index in [1.54, 1.807) is 6.07 Å². The van der Waals surface area contributed by atoms with E-state index in [0.717, 1.165) is 6.33 Å². The van der Waals surface area contributed by atoms with Gasteiger partial charge in [-0.2, -0.15) is 10.4 Å². The molecule has 1 aliphatic rings. The van der Waals surface area contributed by atoms with Gasteiger partial charge in [0.25, 0.3) is 0 Å². The molecule has 1 aliphatic heterocycles. The lowest BCUT2D eigenvalue weighted by Crippen LogP contribution is -2.40. The number of nitrogens with zero attached hydrogens (tertiary/aromatic N) is 4. The first-order chi connectivity index (χ1) is 10.4. The number of fused-ring (bicyclic) bond motifs is 1. The number of hydrogen-bond donors (Lipinski definition) is 4. The van der Waals surface area contributed by atoms with E-state index in [1.165, 1.54) is 16.6 Å². The van der Waals surface area contributed by atoms with Crippen LogP contribution < -0.4 is 5.73 Å². The Bertz CT molecular complexity index is 772. The summed E-state index contributed by atoms with van der Waals surface area (Å²) in [5.41, 5.74) is 3.82. The average molecular weight is 292 g/mol. The molecular weight excluding hydrogens is 278 g/mol. The molecule has 110 valence electrons. The zero-order valence-electron chi connectivity index (χ0n) is 11.7. The number of nitrogen functional groups attached to an aromatic ring is 1. The number of rotatable bonds is 2. The molecule has 0 saturated carbocycles. The smallest absolute Gasteiger partial charge is 0.225 e. The van der Waals surface area contributed by atoms with Crippen LogP contribution in [0.25, 0.3) is 5.52 Å². The topological polar surface area (TPSA) is 150 Å². The second-order valence-corrected chi connectivity index (χ2v) is 4.62. The molecule has 2 aromatic rings. The molecule has 0 radical (unpaired) electrons. The Morgan fingerprint density at radius 1 is 1.57 bits per heavy atom. The standard InChI is InChI=1S/C12H13N5O4/c13-4-12(10(20)9(19)7(3-18)21-12)8-2-1-6-11(14)15-5-16-17(6)8/h1-2,5,7,9-10,18-20H,3H2,(H2,14,15,16)/t7-,9-,10-,12+/m1/s1/i10D. The number of nitriles is 1. The Balaban J connectivity index is 2.27. The van der Waals surface area contributed by atoms with Crippen LogP contribution in [0.2, 0.25) is 0 Å². The maximum Gasteiger partial charge on any atom is 0.225 e. The van der Waals surface area contributed by atoms with Crippen molar-refractivity contribution >= 4 is 11.3 Å². The highest BCUT2D eigenvalue weighted by molar-refractivity contribution is 5.66. The lowest BCUT2D eigenvalue weighted by Gasteiger charge is -2.24. The van der Waals surface area contributed by atoms with E-state index in [4.69, 9.17) is 11.8 Å². The van der Waals surface area contributed by atoms with Crippen molar-refractivity contribution in [3.63, 3.8) is 0 Å². The average Bonchev–Trinajstić information content (AvgIpc) is 3.01. The van der Waals surface area contributed by atoms with Gasteiger partial charge in [-0.05, 0) is 12.1 Å². The number of hydrogen-bond acceptors (Lipinski definition) is 8. The van der Waals surface area contributed by atoms with E-state index < -0.39 is 30.5 Å². The fraction of sp³-hybridized carbons (Fsp3) is 0.417. The largest absolute Gasteiger partial charge is 0.394 e. The summed E-state index contributed by atoms with van der Waals surface area (Å²) in [5.74, 6) is 0.139. The number of aliphatic hydroxyl groups is 3. The van der Waals surface area contributed by atoms with Gasteiger partial charge in [-0.3, -0.25) is 0 Å². The second kappa shape index (κ2) is 4.64. The molecule has 1 saturated heterocycles. The van der Waals surface area contributed by atoms with Gasteiger partial charge in [-0.25, -0.2) is 9.50 Å². The van der Waals surface area contributed by atoms with Crippen LogP contribution in [0.1, 0.15) is 7.06 Å². The summed E-state index contributed by atoms with van der Waals surface area (Å²) in [6.07, 6.45) is -4.62. The summed E-state index contributed by atoms with van der Waals surface area (Å²) in [5, 5.41) is 43.0. The minimum atomic E-state index is -2.71. The minimum Gasteiger partial charge on any atom is -0.394 e. The summed E-state index contributed by atoms with van der Waals surface area (Å²) < 4.78 is 14.5. The van der Waals surface area contributed by atoms with Crippen molar-refractivity contribution < 1.29 is 21.4 Å². The van der Waals surface area contributed by atoms with E-state index in [-0.39, 0.29) is 11.5 Å². The molecule has 2 aromatic heterocycles. The Hall–Kier alpha value is -2.25. The number of ether oxygens (including phenoxy) is 1. The summed E-state index contributed by atoms with van der Waals surface area (Å²) in [4.78, 5) is 3.80. The lowest BCUT2D eigenvalue weighted by molar-refractivity contribution is -0.0643. The number of nitrogens with two attached hydrogens (primary N) is 1. The van der Waals surface area contributed by atoms with Crippen LogP contribution in [0.4, 0.5) is 5.82 Å². The SMILES string of the molecule is [2H][C@@]1(O)[C@H](O)[C@@H](CO)O[C@@]1(C#N)c1ccc2c(N)ncnn12. The van der Waals surface area contributed by atoms with Gasteiger partial charge >= 0.3 is 0 Å². The highest BCUT2D eigenvalue weighted by Gasteiger charge is 2.57. The first-order valence-corrected chi connectivity index (χ1v) is 6.08. The van der Waals surface area contributed by atoms with Crippen LogP contribution >= 0.6 is 0 Å². The van der Waals surface area contributed by atoms with Gasteiger partial charge < -0.3 is 25.8 Å². The van der Waals surface area contributed by atoms with Gasteiger partial charge in [-0.1, -0.05) is 0 Å².